The van der Waals surface area contributed by atoms with Crippen molar-refractivity contribution >= 4 is 11.6 Å². The highest BCUT2D eigenvalue weighted by Gasteiger charge is 2.16. The number of nitrogens with zero attached hydrogens (tertiary/aromatic N) is 4. The van der Waals surface area contributed by atoms with E-state index in [0.29, 0.717) is 30.2 Å². The Labute approximate surface area is 205 Å². The molecule has 0 fully saturated rings. The molecule has 0 spiro atoms. The number of aryl methyl sites for hydroxylation is 3. The van der Waals surface area contributed by atoms with E-state index in [2.05, 4.69) is 21.6 Å². The van der Waals surface area contributed by atoms with Crippen LogP contribution in [0.3, 0.4) is 0 Å². The number of aromatic nitrogens is 4. The van der Waals surface area contributed by atoms with Crippen molar-refractivity contribution in [3.63, 3.8) is 0 Å². The van der Waals surface area contributed by atoms with E-state index in [1.54, 1.807) is 14.2 Å². The Morgan fingerprint density at radius 1 is 0.829 bits per heavy atom. The maximum atomic E-state index is 13.0. The monoisotopic (exact) mass is 473 g/mol. The molecule has 35 heavy (non-hydrogen) atoms. The Morgan fingerprint density at radius 3 is 2.11 bits per heavy atom. The number of ether oxygens (including phenoxy) is 2. The van der Waals surface area contributed by atoms with Crippen LogP contribution in [0.5, 0.6) is 11.5 Å². The van der Waals surface area contributed by atoms with Crippen LogP contribution in [-0.4, -0.2) is 39.7 Å². The van der Waals surface area contributed by atoms with Crippen molar-refractivity contribution < 1.29 is 14.3 Å². The lowest BCUT2D eigenvalue weighted by atomic mass is 10.1. The van der Waals surface area contributed by atoms with Crippen molar-refractivity contribution in [3.05, 3.63) is 88.0 Å². The summed E-state index contributed by atoms with van der Waals surface area (Å²) in [4.78, 5) is 13.0. The van der Waals surface area contributed by atoms with Gasteiger partial charge in [-0.2, -0.15) is 10.2 Å². The van der Waals surface area contributed by atoms with Crippen molar-refractivity contribution in [2.45, 2.75) is 40.8 Å². The number of hydrogen-bond donors (Lipinski definition) is 1. The van der Waals surface area contributed by atoms with Gasteiger partial charge in [-0.05, 0) is 69.2 Å². The molecule has 0 bridgehead atoms. The Morgan fingerprint density at radius 2 is 1.49 bits per heavy atom. The number of hydrogen-bond acceptors (Lipinski definition) is 5. The number of carbonyl (C=O) groups is 1. The highest BCUT2D eigenvalue weighted by molar-refractivity contribution is 6.04. The summed E-state index contributed by atoms with van der Waals surface area (Å²) in [5.74, 6) is 1.18. The Hall–Kier alpha value is -4.07. The van der Waals surface area contributed by atoms with Gasteiger partial charge in [0.15, 0.2) is 11.5 Å². The Balaban J connectivity index is 1.46. The third-order valence-electron chi connectivity index (χ3n) is 6.05. The molecule has 0 aliphatic carbocycles. The summed E-state index contributed by atoms with van der Waals surface area (Å²) in [5.41, 5.74) is 7.17. The summed E-state index contributed by atoms with van der Waals surface area (Å²) in [6.07, 6.45) is 0. The number of benzene rings is 2. The average molecular weight is 474 g/mol. The molecule has 2 aromatic carbocycles. The lowest BCUT2D eigenvalue weighted by molar-refractivity contribution is 0.102. The molecule has 1 amide bonds. The zero-order chi connectivity index (χ0) is 25.1. The van der Waals surface area contributed by atoms with Gasteiger partial charge in [0, 0.05) is 11.3 Å². The quantitative estimate of drug-likeness (QED) is 0.402. The summed E-state index contributed by atoms with van der Waals surface area (Å²) >= 11 is 0. The molecule has 8 nitrogen and oxygen atoms in total. The van der Waals surface area contributed by atoms with Crippen LogP contribution < -0.4 is 14.8 Å². The molecule has 4 rings (SSSR count). The predicted molar refractivity (Wildman–Crippen MR) is 136 cm³/mol. The zero-order valence-electron chi connectivity index (χ0n) is 21.0. The number of carbonyl (C=O) groups excluding carboxylic acids is 1. The molecule has 182 valence electrons. The van der Waals surface area contributed by atoms with Crippen LogP contribution in [0.2, 0.25) is 0 Å². The van der Waals surface area contributed by atoms with Crippen molar-refractivity contribution in [3.8, 4) is 11.5 Å². The van der Waals surface area contributed by atoms with Gasteiger partial charge in [0.25, 0.3) is 5.91 Å². The van der Waals surface area contributed by atoms with Crippen LogP contribution in [0.1, 0.15) is 44.3 Å². The number of anilines is 1. The van der Waals surface area contributed by atoms with E-state index in [1.165, 1.54) is 0 Å². The first kappa shape index (κ1) is 24.1. The highest BCUT2D eigenvalue weighted by atomic mass is 16.5. The van der Waals surface area contributed by atoms with Crippen molar-refractivity contribution in [2.75, 3.05) is 19.5 Å². The average Bonchev–Trinajstić information content (AvgIpc) is 3.30. The van der Waals surface area contributed by atoms with E-state index in [4.69, 9.17) is 9.47 Å². The molecule has 0 aliphatic rings. The SMILES string of the molecule is COc1ccc(Cn2nc(C)c(NC(=O)c3ccc(Cn4nc(C)cc4C)cc3)c2C)cc1OC. The molecule has 0 aliphatic heterocycles. The van der Waals surface area contributed by atoms with E-state index in [1.807, 2.05) is 79.5 Å². The molecule has 2 heterocycles. The molecule has 2 aromatic heterocycles. The fraction of sp³-hybridized carbons (Fsp3) is 0.296. The number of rotatable bonds is 8. The van der Waals surface area contributed by atoms with Crippen LogP contribution in [0, 0.1) is 27.7 Å². The molecule has 0 radical (unpaired) electrons. The van der Waals surface area contributed by atoms with Gasteiger partial charge in [0.1, 0.15) is 0 Å². The van der Waals surface area contributed by atoms with Crippen LogP contribution in [0.4, 0.5) is 5.69 Å². The molecule has 0 unspecified atom stereocenters. The summed E-state index contributed by atoms with van der Waals surface area (Å²) in [6, 6.07) is 15.4. The molecule has 4 aromatic rings. The van der Waals surface area contributed by atoms with Crippen molar-refractivity contribution in [1.29, 1.82) is 0 Å². The van der Waals surface area contributed by atoms with Gasteiger partial charge in [-0.25, -0.2) is 0 Å². The van der Waals surface area contributed by atoms with Gasteiger partial charge >= 0.3 is 0 Å². The van der Waals surface area contributed by atoms with E-state index in [-0.39, 0.29) is 5.91 Å². The first-order valence-electron chi connectivity index (χ1n) is 11.4. The number of methoxy groups -OCH3 is 2. The molecular formula is C27H31N5O3. The van der Waals surface area contributed by atoms with Crippen molar-refractivity contribution in [2.24, 2.45) is 0 Å². The topological polar surface area (TPSA) is 83.2 Å². The van der Waals surface area contributed by atoms with Gasteiger partial charge in [-0.1, -0.05) is 18.2 Å². The maximum Gasteiger partial charge on any atom is 0.255 e. The second-order valence-corrected chi connectivity index (χ2v) is 8.63. The lowest BCUT2D eigenvalue weighted by Gasteiger charge is -2.11. The second-order valence-electron chi connectivity index (χ2n) is 8.63. The summed E-state index contributed by atoms with van der Waals surface area (Å²) < 4.78 is 14.6. The van der Waals surface area contributed by atoms with Crippen LogP contribution in [0.15, 0.2) is 48.5 Å². The highest BCUT2D eigenvalue weighted by Crippen LogP contribution is 2.29. The van der Waals surface area contributed by atoms with Gasteiger partial charge < -0.3 is 14.8 Å². The minimum Gasteiger partial charge on any atom is -0.493 e. The third-order valence-corrected chi connectivity index (χ3v) is 6.05. The largest absolute Gasteiger partial charge is 0.493 e. The van der Waals surface area contributed by atoms with E-state index in [0.717, 1.165) is 39.6 Å². The normalized spacial score (nSPS) is 10.9. The molecule has 0 saturated carbocycles. The standard InChI is InChI=1S/C27H31N5O3/c1-17-13-18(2)31(29-17)15-21-7-10-23(11-8-21)27(33)28-26-19(3)30-32(20(26)4)16-22-9-12-24(34-5)25(14-22)35-6/h7-14H,15-16H2,1-6H3,(H,28,33). The third kappa shape index (κ3) is 5.21. The van der Waals surface area contributed by atoms with Crippen LogP contribution in [0.25, 0.3) is 0 Å². The number of nitrogens with one attached hydrogen (secondary N) is 1. The smallest absolute Gasteiger partial charge is 0.255 e. The van der Waals surface area contributed by atoms with E-state index >= 15 is 0 Å². The fourth-order valence-electron chi connectivity index (χ4n) is 4.14. The van der Waals surface area contributed by atoms with Gasteiger partial charge in [0.05, 0.1) is 50.1 Å². The molecule has 1 N–H and O–H groups in total. The first-order valence-corrected chi connectivity index (χ1v) is 11.4. The second kappa shape index (κ2) is 10.0. The molecular weight excluding hydrogens is 442 g/mol. The molecule has 0 saturated heterocycles. The van der Waals surface area contributed by atoms with E-state index in [9.17, 15) is 4.79 Å². The zero-order valence-corrected chi connectivity index (χ0v) is 21.0. The summed E-state index contributed by atoms with van der Waals surface area (Å²) in [7, 11) is 3.23. The maximum absolute atomic E-state index is 13.0. The van der Waals surface area contributed by atoms with E-state index < -0.39 is 0 Å². The van der Waals surface area contributed by atoms with Crippen molar-refractivity contribution in [1.82, 2.24) is 19.6 Å². The minimum atomic E-state index is -0.167. The van der Waals surface area contributed by atoms with Gasteiger partial charge in [-0.15, -0.1) is 0 Å². The molecule has 8 heteroatoms. The Kier molecular flexibility index (Phi) is 6.91. The van der Waals surface area contributed by atoms with Gasteiger partial charge in [-0.3, -0.25) is 14.2 Å². The summed E-state index contributed by atoms with van der Waals surface area (Å²) in [5, 5.41) is 12.2. The predicted octanol–water partition coefficient (Wildman–Crippen LogP) is 4.68. The van der Waals surface area contributed by atoms with Crippen LogP contribution >= 0.6 is 0 Å². The number of amides is 1. The van der Waals surface area contributed by atoms with Crippen LogP contribution in [-0.2, 0) is 13.1 Å². The first-order chi connectivity index (χ1) is 16.8. The fourth-order valence-corrected chi connectivity index (χ4v) is 4.14. The minimum absolute atomic E-state index is 0.167. The summed E-state index contributed by atoms with van der Waals surface area (Å²) in [6.45, 7) is 9.08. The lowest BCUT2D eigenvalue weighted by Crippen LogP contribution is -2.13. The molecule has 0 atom stereocenters. The Bertz CT molecular complexity index is 1350. The van der Waals surface area contributed by atoms with Gasteiger partial charge in [0.2, 0.25) is 0 Å².